The van der Waals surface area contributed by atoms with Gasteiger partial charge in [0, 0.05) is 12.6 Å². The molecule has 0 aliphatic rings. The van der Waals surface area contributed by atoms with Crippen LogP contribution in [-0.2, 0) is 4.79 Å². The van der Waals surface area contributed by atoms with Crippen LogP contribution in [0.3, 0.4) is 0 Å². The van der Waals surface area contributed by atoms with Crippen LogP contribution in [0.2, 0.25) is 0 Å². The highest BCUT2D eigenvalue weighted by Gasteiger charge is 2.17. The zero-order valence-electron chi connectivity index (χ0n) is 9.95. The van der Waals surface area contributed by atoms with Crippen LogP contribution < -0.4 is 22.1 Å². The number of carbonyl (C=O) groups is 2. The van der Waals surface area contributed by atoms with E-state index >= 15 is 0 Å². The number of nitrogens with one attached hydrogen (secondary N) is 2. The van der Waals surface area contributed by atoms with E-state index in [0.29, 0.717) is 6.54 Å². The van der Waals surface area contributed by atoms with Crippen LogP contribution in [0, 0.1) is 0 Å². The number of amides is 3. The fourth-order valence-electron chi connectivity index (χ4n) is 1.30. The molecule has 2 atom stereocenters. The Morgan fingerprint density at radius 1 is 1.31 bits per heavy atom. The summed E-state index contributed by atoms with van der Waals surface area (Å²) in [5, 5.41) is 5.09. The van der Waals surface area contributed by atoms with Gasteiger partial charge in [0.25, 0.3) is 0 Å². The standard InChI is InChI=1S/C10H22N4O2/c1-3-4-5-8(6-11)14-9(15)7(2)13-10(12)16/h7-8H,3-6,11H2,1-2H3,(H,14,15)(H3,12,13,16). The maximum atomic E-state index is 11.6. The van der Waals surface area contributed by atoms with Gasteiger partial charge in [-0.05, 0) is 13.3 Å². The van der Waals surface area contributed by atoms with Gasteiger partial charge in [0.2, 0.25) is 5.91 Å². The molecule has 0 aromatic carbocycles. The van der Waals surface area contributed by atoms with Crippen LogP contribution in [0.15, 0.2) is 0 Å². The number of hydrogen-bond acceptors (Lipinski definition) is 3. The molecule has 0 aromatic rings. The van der Waals surface area contributed by atoms with Crippen molar-refractivity contribution < 1.29 is 9.59 Å². The summed E-state index contributed by atoms with van der Waals surface area (Å²) >= 11 is 0. The number of hydrogen-bond donors (Lipinski definition) is 4. The minimum Gasteiger partial charge on any atom is -0.352 e. The fourth-order valence-corrected chi connectivity index (χ4v) is 1.30. The normalized spacial score (nSPS) is 13.9. The molecule has 0 bridgehead atoms. The third kappa shape index (κ3) is 6.23. The van der Waals surface area contributed by atoms with Gasteiger partial charge >= 0.3 is 6.03 Å². The highest BCUT2D eigenvalue weighted by atomic mass is 16.2. The Labute approximate surface area is 96.1 Å². The quantitative estimate of drug-likeness (QED) is 0.481. The summed E-state index contributed by atoms with van der Waals surface area (Å²) in [6, 6.07) is -1.38. The van der Waals surface area contributed by atoms with Gasteiger partial charge in [0.05, 0.1) is 0 Å². The minimum absolute atomic E-state index is 0.0374. The predicted octanol–water partition coefficient (Wildman–Crippen LogP) is -0.323. The molecule has 0 fully saturated rings. The summed E-state index contributed by atoms with van der Waals surface area (Å²) in [6.45, 7) is 4.05. The van der Waals surface area contributed by atoms with Crippen LogP contribution in [0.25, 0.3) is 0 Å². The second-order valence-corrected chi connectivity index (χ2v) is 3.81. The molecule has 6 nitrogen and oxygen atoms in total. The third-order valence-electron chi connectivity index (χ3n) is 2.29. The molecule has 0 radical (unpaired) electrons. The van der Waals surface area contributed by atoms with Crippen LogP contribution in [-0.4, -0.2) is 30.6 Å². The summed E-state index contributed by atoms with van der Waals surface area (Å²) in [5.74, 6) is -0.259. The highest BCUT2D eigenvalue weighted by molar-refractivity contribution is 5.86. The first-order valence-electron chi connectivity index (χ1n) is 5.57. The Balaban J connectivity index is 4.03. The number of nitrogens with two attached hydrogens (primary N) is 2. The topological polar surface area (TPSA) is 110 Å². The van der Waals surface area contributed by atoms with Crippen LogP contribution in [0.5, 0.6) is 0 Å². The van der Waals surface area contributed by atoms with E-state index in [4.69, 9.17) is 11.5 Å². The van der Waals surface area contributed by atoms with Gasteiger partial charge in [-0.3, -0.25) is 4.79 Å². The lowest BCUT2D eigenvalue weighted by molar-refractivity contribution is -0.123. The summed E-state index contributed by atoms with van der Waals surface area (Å²) in [4.78, 5) is 22.1. The summed E-state index contributed by atoms with van der Waals surface area (Å²) in [5.41, 5.74) is 10.5. The predicted molar refractivity (Wildman–Crippen MR) is 62.7 cm³/mol. The van der Waals surface area contributed by atoms with Crippen molar-refractivity contribution in [2.45, 2.75) is 45.2 Å². The first-order valence-corrected chi connectivity index (χ1v) is 5.57. The van der Waals surface area contributed by atoms with Gasteiger partial charge in [-0.15, -0.1) is 0 Å². The largest absolute Gasteiger partial charge is 0.352 e. The van der Waals surface area contributed by atoms with Gasteiger partial charge in [-0.2, -0.15) is 0 Å². The molecule has 0 saturated heterocycles. The molecule has 94 valence electrons. The zero-order chi connectivity index (χ0) is 12.6. The van der Waals surface area contributed by atoms with Crippen molar-refractivity contribution in [3.63, 3.8) is 0 Å². The lowest BCUT2D eigenvalue weighted by Crippen LogP contribution is -2.51. The smallest absolute Gasteiger partial charge is 0.312 e. The molecule has 3 amide bonds. The SMILES string of the molecule is CCCCC(CN)NC(=O)C(C)NC(N)=O. The van der Waals surface area contributed by atoms with Crippen molar-refractivity contribution in [1.29, 1.82) is 0 Å². The molecule has 0 aliphatic carbocycles. The fraction of sp³-hybridized carbons (Fsp3) is 0.800. The number of rotatable bonds is 7. The van der Waals surface area contributed by atoms with Crippen molar-refractivity contribution >= 4 is 11.9 Å². The van der Waals surface area contributed by atoms with E-state index in [9.17, 15) is 9.59 Å². The van der Waals surface area contributed by atoms with Crippen molar-refractivity contribution in [2.24, 2.45) is 11.5 Å². The number of primary amides is 1. The average molecular weight is 230 g/mol. The van der Waals surface area contributed by atoms with Crippen molar-refractivity contribution in [1.82, 2.24) is 10.6 Å². The second kappa shape index (κ2) is 7.92. The van der Waals surface area contributed by atoms with E-state index in [1.54, 1.807) is 6.92 Å². The molecule has 6 N–H and O–H groups in total. The van der Waals surface area contributed by atoms with Crippen molar-refractivity contribution in [3.05, 3.63) is 0 Å². The summed E-state index contributed by atoms with van der Waals surface area (Å²) < 4.78 is 0. The van der Waals surface area contributed by atoms with Crippen LogP contribution >= 0.6 is 0 Å². The molecular weight excluding hydrogens is 208 g/mol. The molecule has 0 spiro atoms. The Hall–Kier alpha value is -1.30. The number of unbranched alkanes of at least 4 members (excludes halogenated alkanes) is 1. The second-order valence-electron chi connectivity index (χ2n) is 3.81. The van der Waals surface area contributed by atoms with Gasteiger partial charge in [-0.1, -0.05) is 19.8 Å². The van der Waals surface area contributed by atoms with Crippen molar-refractivity contribution in [2.75, 3.05) is 6.54 Å². The molecular formula is C10H22N4O2. The molecule has 0 rings (SSSR count). The zero-order valence-corrected chi connectivity index (χ0v) is 9.95. The monoisotopic (exact) mass is 230 g/mol. The number of urea groups is 1. The molecule has 0 aliphatic heterocycles. The Bertz CT molecular complexity index is 233. The van der Waals surface area contributed by atoms with Crippen LogP contribution in [0.4, 0.5) is 4.79 Å². The Kier molecular flexibility index (Phi) is 7.28. The average Bonchev–Trinajstić information content (AvgIpc) is 2.22. The van der Waals surface area contributed by atoms with Gasteiger partial charge < -0.3 is 22.1 Å². The maximum absolute atomic E-state index is 11.6. The molecule has 16 heavy (non-hydrogen) atoms. The molecule has 0 aromatic heterocycles. The van der Waals surface area contributed by atoms with Crippen molar-refractivity contribution in [3.8, 4) is 0 Å². The van der Waals surface area contributed by atoms with Crippen LogP contribution in [0.1, 0.15) is 33.1 Å². The molecule has 2 unspecified atom stereocenters. The highest BCUT2D eigenvalue weighted by Crippen LogP contribution is 1.99. The van der Waals surface area contributed by atoms with Gasteiger partial charge in [0.15, 0.2) is 0 Å². The van der Waals surface area contributed by atoms with Gasteiger partial charge in [0.1, 0.15) is 6.04 Å². The lowest BCUT2D eigenvalue weighted by atomic mass is 10.1. The maximum Gasteiger partial charge on any atom is 0.312 e. The minimum atomic E-state index is -0.708. The first kappa shape index (κ1) is 14.7. The lowest BCUT2D eigenvalue weighted by Gasteiger charge is -2.19. The van der Waals surface area contributed by atoms with E-state index in [1.165, 1.54) is 0 Å². The third-order valence-corrected chi connectivity index (χ3v) is 2.29. The summed E-state index contributed by atoms with van der Waals surface area (Å²) in [6.07, 6.45) is 2.92. The molecule has 0 saturated carbocycles. The van der Waals surface area contributed by atoms with Gasteiger partial charge in [-0.25, -0.2) is 4.79 Å². The summed E-state index contributed by atoms with van der Waals surface area (Å²) in [7, 11) is 0. The van der Waals surface area contributed by atoms with E-state index in [2.05, 4.69) is 17.6 Å². The van der Waals surface area contributed by atoms with E-state index in [-0.39, 0.29) is 11.9 Å². The Morgan fingerprint density at radius 3 is 2.38 bits per heavy atom. The van der Waals surface area contributed by atoms with E-state index in [1.807, 2.05) is 0 Å². The Morgan fingerprint density at radius 2 is 1.94 bits per heavy atom. The van der Waals surface area contributed by atoms with E-state index in [0.717, 1.165) is 19.3 Å². The molecule has 0 heterocycles. The first-order chi connectivity index (χ1) is 7.51. The number of carbonyl (C=O) groups excluding carboxylic acids is 2. The molecule has 6 heteroatoms. The van der Waals surface area contributed by atoms with E-state index < -0.39 is 12.1 Å².